The van der Waals surface area contributed by atoms with Gasteiger partial charge in [-0.2, -0.15) is 0 Å². The molecule has 0 atom stereocenters. The molecule has 1 amide bonds. The van der Waals surface area contributed by atoms with Crippen molar-refractivity contribution in [2.45, 2.75) is 39.5 Å². The summed E-state index contributed by atoms with van der Waals surface area (Å²) in [5, 5.41) is 4.66. The third-order valence-corrected chi connectivity index (χ3v) is 6.66. The zero-order valence-corrected chi connectivity index (χ0v) is 21.0. The third kappa shape index (κ3) is 5.31. The summed E-state index contributed by atoms with van der Waals surface area (Å²) < 4.78 is 18.1. The summed E-state index contributed by atoms with van der Waals surface area (Å²) in [6.07, 6.45) is 6.28. The molecule has 7 nitrogen and oxygen atoms in total. The van der Waals surface area contributed by atoms with Gasteiger partial charge in [-0.1, -0.05) is 13.3 Å². The fraction of sp³-hybridized carbons (Fsp3) is 0.379. The number of rotatable bonds is 10. The second-order valence-electron chi connectivity index (χ2n) is 9.29. The molecule has 1 saturated heterocycles. The van der Waals surface area contributed by atoms with Crippen LogP contribution in [-0.4, -0.2) is 48.6 Å². The zero-order valence-electron chi connectivity index (χ0n) is 21.0. The van der Waals surface area contributed by atoms with Crippen molar-refractivity contribution in [2.75, 3.05) is 32.8 Å². The summed E-state index contributed by atoms with van der Waals surface area (Å²) in [6, 6.07) is 13.3. The highest BCUT2D eigenvalue weighted by molar-refractivity contribution is 6.07. The molecule has 1 aliphatic heterocycles. The van der Waals surface area contributed by atoms with Crippen LogP contribution in [0.3, 0.4) is 0 Å². The van der Waals surface area contributed by atoms with E-state index in [1.807, 2.05) is 49.4 Å². The molecule has 7 heteroatoms. The van der Waals surface area contributed by atoms with Gasteiger partial charge in [0.25, 0.3) is 5.91 Å². The average molecular weight is 488 g/mol. The standard InChI is InChI=1S/C29H33N3O4/c1-3-4-12-31-29(33)28-20(2)35-27-19-22(8-10-24(27)28)36-26-11-13-30-25-18-21(7-9-23(25)26)34-17-16-32-14-5-6-15-32/h7-11,13,18-19H,3-6,12,14-17H2,1-2H3,(H,31,33). The van der Waals surface area contributed by atoms with E-state index in [9.17, 15) is 4.79 Å². The molecule has 5 rings (SSSR count). The minimum Gasteiger partial charge on any atom is -0.492 e. The van der Waals surface area contributed by atoms with Crippen LogP contribution in [0.25, 0.3) is 21.9 Å². The lowest BCUT2D eigenvalue weighted by atomic mass is 10.1. The van der Waals surface area contributed by atoms with Crippen LogP contribution in [0.4, 0.5) is 0 Å². The Morgan fingerprint density at radius 2 is 1.89 bits per heavy atom. The van der Waals surface area contributed by atoms with Gasteiger partial charge in [-0.25, -0.2) is 0 Å². The van der Waals surface area contributed by atoms with Crippen molar-refractivity contribution >= 4 is 27.8 Å². The molecular weight excluding hydrogens is 454 g/mol. The summed E-state index contributed by atoms with van der Waals surface area (Å²) in [7, 11) is 0. The van der Waals surface area contributed by atoms with Crippen LogP contribution in [-0.2, 0) is 0 Å². The normalized spacial score (nSPS) is 13.9. The van der Waals surface area contributed by atoms with Gasteiger partial charge in [0.1, 0.15) is 35.2 Å². The number of hydrogen-bond acceptors (Lipinski definition) is 6. The lowest BCUT2D eigenvalue weighted by molar-refractivity contribution is 0.0953. The number of aryl methyl sites for hydroxylation is 1. The first-order valence-electron chi connectivity index (χ1n) is 12.9. The molecule has 4 aromatic rings. The topological polar surface area (TPSA) is 76.8 Å². The van der Waals surface area contributed by atoms with Gasteiger partial charge in [0.15, 0.2) is 0 Å². The van der Waals surface area contributed by atoms with Crippen molar-refractivity contribution in [3.63, 3.8) is 0 Å². The molecule has 1 aliphatic rings. The van der Waals surface area contributed by atoms with E-state index in [1.54, 1.807) is 6.20 Å². The number of amides is 1. The number of carbonyl (C=O) groups is 1. The van der Waals surface area contributed by atoms with E-state index in [-0.39, 0.29) is 5.91 Å². The van der Waals surface area contributed by atoms with Crippen LogP contribution >= 0.6 is 0 Å². The van der Waals surface area contributed by atoms with Crippen molar-refractivity contribution in [2.24, 2.45) is 0 Å². The third-order valence-electron chi connectivity index (χ3n) is 6.66. The Bertz CT molecular complexity index is 1360. The van der Waals surface area contributed by atoms with Crippen LogP contribution in [0, 0.1) is 6.92 Å². The van der Waals surface area contributed by atoms with Crippen molar-refractivity contribution < 1.29 is 18.7 Å². The first-order valence-corrected chi connectivity index (χ1v) is 12.9. The summed E-state index contributed by atoms with van der Waals surface area (Å²) in [4.78, 5) is 19.6. The lowest BCUT2D eigenvalue weighted by Gasteiger charge is -2.15. The molecule has 36 heavy (non-hydrogen) atoms. The number of unbranched alkanes of at least 4 members (excludes halogenated alkanes) is 1. The highest BCUT2D eigenvalue weighted by Gasteiger charge is 2.19. The number of benzene rings is 2. The minimum atomic E-state index is -0.105. The van der Waals surface area contributed by atoms with E-state index in [0.29, 0.717) is 41.6 Å². The van der Waals surface area contributed by atoms with Crippen molar-refractivity contribution in [1.29, 1.82) is 0 Å². The number of hydrogen-bond donors (Lipinski definition) is 1. The quantitative estimate of drug-likeness (QED) is 0.273. The molecule has 0 saturated carbocycles. The van der Waals surface area contributed by atoms with Crippen LogP contribution in [0.15, 0.2) is 53.1 Å². The number of carbonyl (C=O) groups excluding carboxylic acids is 1. The highest BCUT2D eigenvalue weighted by atomic mass is 16.5. The van der Waals surface area contributed by atoms with Crippen LogP contribution < -0.4 is 14.8 Å². The number of fused-ring (bicyclic) bond motifs is 2. The Morgan fingerprint density at radius 3 is 2.72 bits per heavy atom. The van der Waals surface area contributed by atoms with Gasteiger partial charge in [-0.3, -0.25) is 14.7 Å². The Labute approximate surface area is 211 Å². The van der Waals surface area contributed by atoms with Crippen LogP contribution in [0.1, 0.15) is 48.7 Å². The largest absolute Gasteiger partial charge is 0.492 e. The van der Waals surface area contributed by atoms with Crippen molar-refractivity contribution in [1.82, 2.24) is 15.2 Å². The maximum absolute atomic E-state index is 12.7. The van der Waals surface area contributed by atoms with Gasteiger partial charge in [-0.05, 0) is 69.6 Å². The number of pyridine rings is 1. The molecule has 0 radical (unpaired) electrons. The SMILES string of the molecule is CCCCNC(=O)c1c(C)oc2cc(Oc3ccnc4cc(OCCN5CCCC5)ccc34)ccc12. The van der Waals surface area contributed by atoms with Gasteiger partial charge < -0.3 is 19.2 Å². The van der Waals surface area contributed by atoms with E-state index in [2.05, 4.69) is 22.1 Å². The van der Waals surface area contributed by atoms with Gasteiger partial charge in [-0.15, -0.1) is 0 Å². The highest BCUT2D eigenvalue weighted by Crippen LogP contribution is 2.34. The van der Waals surface area contributed by atoms with E-state index in [0.717, 1.165) is 41.4 Å². The number of furan rings is 1. The van der Waals surface area contributed by atoms with Crippen LogP contribution in [0.5, 0.6) is 17.2 Å². The first-order chi connectivity index (χ1) is 17.6. The molecule has 1 N–H and O–H groups in total. The van der Waals surface area contributed by atoms with Gasteiger partial charge in [0.2, 0.25) is 0 Å². The second kappa shape index (κ2) is 11.0. The van der Waals surface area contributed by atoms with Gasteiger partial charge in [0, 0.05) is 42.2 Å². The molecule has 2 aromatic carbocycles. The first kappa shape index (κ1) is 24.1. The summed E-state index contributed by atoms with van der Waals surface area (Å²) in [5.74, 6) is 2.63. The molecule has 2 aromatic heterocycles. The van der Waals surface area contributed by atoms with Crippen molar-refractivity contribution in [3.05, 3.63) is 60.0 Å². The van der Waals surface area contributed by atoms with E-state index in [1.165, 1.54) is 25.9 Å². The predicted octanol–water partition coefficient (Wildman–Crippen LogP) is 6.09. The molecule has 0 spiro atoms. The van der Waals surface area contributed by atoms with Crippen LogP contribution in [0.2, 0.25) is 0 Å². The fourth-order valence-corrected chi connectivity index (χ4v) is 4.72. The molecule has 3 heterocycles. The van der Waals surface area contributed by atoms with E-state index >= 15 is 0 Å². The molecule has 0 bridgehead atoms. The number of nitrogens with one attached hydrogen (secondary N) is 1. The summed E-state index contributed by atoms with van der Waals surface area (Å²) >= 11 is 0. The molecule has 188 valence electrons. The Hall–Kier alpha value is -3.58. The number of likely N-dealkylation sites (tertiary alicyclic amines) is 1. The maximum atomic E-state index is 12.7. The van der Waals surface area contributed by atoms with Gasteiger partial charge in [0.05, 0.1) is 11.1 Å². The second-order valence-corrected chi connectivity index (χ2v) is 9.29. The molecular formula is C29H33N3O4. The van der Waals surface area contributed by atoms with Gasteiger partial charge >= 0.3 is 0 Å². The smallest absolute Gasteiger partial charge is 0.255 e. The molecule has 0 unspecified atom stereocenters. The number of aromatic nitrogens is 1. The predicted molar refractivity (Wildman–Crippen MR) is 141 cm³/mol. The maximum Gasteiger partial charge on any atom is 0.255 e. The monoisotopic (exact) mass is 487 g/mol. The fourth-order valence-electron chi connectivity index (χ4n) is 4.72. The summed E-state index contributed by atoms with van der Waals surface area (Å²) in [5.41, 5.74) is 2.02. The van der Waals surface area contributed by atoms with E-state index < -0.39 is 0 Å². The number of ether oxygens (including phenoxy) is 2. The number of nitrogens with zero attached hydrogens (tertiary/aromatic N) is 2. The minimum absolute atomic E-state index is 0.105. The Balaban J connectivity index is 1.31. The summed E-state index contributed by atoms with van der Waals surface area (Å²) in [6.45, 7) is 8.52. The van der Waals surface area contributed by atoms with Crippen molar-refractivity contribution in [3.8, 4) is 17.2 Å². The Kier molecular flexibility index (Phi) is 7.37. The van der Waals surface area contributed by atoms with E-state index in [4.69, 9.17) is 13.9 Å². The average Bonchev–Trinajstić information content (AvgIpc) is 3.51. The molecule has 1 fully saturated rings. The lowest BCUT2D eigenvalue weighted by Crippen LogP contribution is -2.25. The zero-order chi connectivity index (χ0) is 24.9. The molecule has 0 aliphatic carbocycles. The Morgan fingerprint density at radius 1 is 1.08 bits per heavy atom.